The highest BCUT2D eigenvalue weighted by atomic mass is 35.5. The lowest BCUT2D eigenvalue weighted by Crippen LogP contribution is -2.52. The highest BCUT2D eigenvalue weighted by Crippen LogP contribution is 2.26. The zero-order valence-corrected chi connectivity index (χ0v) is 19.7. The normalized spacial score (nSPS) is 18.8. The van der Waals surface area contributed by atoms with Gasteiger partial charge in [-0.15, -0.1) is 10.2 Å². The number of benzene rings is 2. The smallest absolute Gasteiger partial charge is 0.227 e. The quantitative estimate of drug-likeness (QED) is 0.551. The summed E-state index contributed by atoms with van der Waals surface area (Å²) in [6, 6.07) is 18.0. The number of piperidine rings is 1. The van der Waals surface area contributed by atoms with Crippen molar-refractivity contribution in [1.82, 2.24) is 15.1 Å². The molecule has 176 valence electrons. The number of carbonyl (C=O) groups excluding carboxylic acids is 1. The summed E-state index contributed by atoms with van der Waals surface area (Å²) in [5.74, 6) is 0.748. The van der Waals surface area contributed by atoms with Gasteiger partial charge in [-0.2, -0.15) is 0 Å². The maximum absolute atomic E-state index is 13.3. The van der Waals surface area contributed by atoms with E-state index in [0.29, 0.717) is 24.7 Å². The summed E-state index contributed by atoms with van der Waals surface area (Å²) in [7, 11) is 0. The first kappa shape index (κ1) is 22.6. The number of rotatable bonds is 4. The molecular formula is C26H27ClFN5O. The van der Waals surface area contributed by atoms with Crippen molar-refractivity contribution >= 4 is 29.0 Å². The molecule has 2 fully saturated rings. The van der Waals surface area contributed by atoms with E-state index in [0.717, 1.165) is 55.2 Å². The van der Waals surface area contributed by atoms with Crippen LogP contribution in [0.25, 0.3) is 11.3 Å². The van der Waals surface area contributed by atoms with E-state index in [4.69, 9.17) is 11.6 Å². The van der Waals surface area contributed by atoms with E-state index in [1.807, 2.05) is 41.3 Å². The molecule has 34 heavy (non-hydrogen) atoms. The first-order valence-corrected chi connectivity index (χ1v) is 12.1. The van der Waals surface area contributed by atoms with Gasteiger partial charge in [0, 0.05) is 55.5 Å². The van der Waals surface area contributed by atoms with Crippen molar-refractivity contribution in [3.05, 3.63) is 71.5 Å². The van der Waals surface area contributed by atoms with Gasteiger partial charge >= 0.3 is 0 Å². The average molecular weight is 480 g/mol. The van der Waals surface area contributed by atoms with Crippen LogP contribution in [0.15, 0.2) is 60.7 Å². The van der Waals surface area contributed by atoms with Gasteiger partial charge in [0.25, 0.3) is 0 Å². The van der Waals surface area contributed by atoms with Crippen LogP contribution >= 0.6 is 11.6 Å². The second-order valence-electron chi connectivity index (χ2n) is 8.86. The van der Waals surface area contributed by atoms with Crippen molar-refractivity contribution in [3.63, 3.8) is 0 Å². The van der Waals surface area contributed by atoms with Gasteiger partial charge in [-0.3, -0.25) is 4.79 Å². The fraction of sp³-hybridized carbons (Fsp3) is 0.346. The van der Waals surface area contributed by atoms with Crippen molar-refractivity contribution < 1.29 is 9.18 Å². The summed E-state index contributed by atoms with van der Waals surface area (Å²) in [5, 5.41) is 9.53. The van der Waals surface area contributed by atoms with Crippen LogP contribution in [0.2, 0.25) is 5.02 Å². The molecule has 0 radical (unpaired) electrons. The van der Waals surface area contributed by atoms with Crippen LogP contribution in [0.1, 0.15) is 12.8 Å². The van der Waals surface area contributed by atoms with Crippen LogP contribution in [0.3, 0.4) is 0 Å². The monoisotopic (exact) mass is 479 g/mol. The van der Waals surface area contributed by atoms with Gasteiger partial charge in [-0.1, -0.05) is 23.7 Å². The molecule has 2 aliphatic rings. The van der Waals surface area contributed by atoms with Crippen LogP contribution in [-0.4, -0.2) is 60.3 Å². The molecule has 1 atom stereocenters. The minimum atomic E-state index is -0.233. The van der Waals surface area contributed by atoms with Gasteiger partial charge in [-0.25, -0.2) is 4.39 Å². The number of halogens is 2. The number of hydrogen-bond donors (Lipinski definition) is 0. The standard InChI is InChI=1S/C26H27ClFN5O/c27-21-5-3-19(4-6-21)24-11-12-25(30-29-24)33-13-1-2-20(18-33)26(34)32-16-14-31(15-17-32)23-9-7-22(28)8-10-23/h3-12,20H,1-2,13-18H2. The van der Waals surface area contributed by atoms with E-state index in [-0.39, 0.29) is 17.6 Å². The maximum Gasteiger partial charge on any atom is 0.227 e. The molecule has 8 heteroatoms. The fourth-order valence-electron chi connectivity index (χ4n) is 4.75. The third-order valence-corrected chi connectivity index (χ3v) is 6.92. The summed E-state index contributed by atoms with van der Waals surface area (Å²) >= 11 is 5.97. The molecule has 0 spiro atoms. The predicted molar refractivity (Wildman–Crippen MR) is 133 cm³/mol. The molecule has 0 aliphatic carbocycles. The first-order valence-electron chi connectivity index (χ1n) is 11.7. The topological polar surface area (TPSA) is 52.6 Å². The Kier molecular flexibility index (Phi) is 6.63. The van der Waals surface area contributed by atoms with E-state index in [2.05, 4.69) is 20.0 Å². The zero-order chi connectivity index (χ0) is 23.5. The Labute approximate surface area is 204 Å². The molecule has 1 amide bonds. The molecule has 1 aromatic heterocycles. The highest BCUT2D eigenvalue weighted by Gasteiger charge is 2.31. The summed E-state index contributed by atoms with van der Waals surface area (Å²) in [4.78, 5) is 19.6. The lowest BCUT2D eigenvalue weighted by Gasteiger charge is -2.40. The Hall–Kier alpha value is -3.19. The number of aromatic nitrogens is 2. The van der Waals surface area contributed by atoms with Crippen LogP contribution in [0.5, 0.6) is 0 Å². The van der Waals surface area contributed by atoms with Gasteiger partial charge in [0.1, 0.15) is 5.82 Å². The van der Waals surface area contributed by atoms with Gasteiger partial charge in [0.05, 0.1) is 11.6 Å². The van der Waals surface area contributed by atoms with Crippen LogP contribution in [-0.2, 0) is 4.79 Å². The molecule has 0 N–H and O–H groups in total. The number of piperazine rings is 1. The van der Waals surface area contributed by atoms with E-state index in [9.17, 15) is 9.18 Å². The molecule has 0 bridgehead atoms. The van der Waals surface area contributed by atoms with Crippen LogP contribution < -0.4 is 9.80 Å². The molecule has 5 rings (SSSR count). The lowest BCUT2D eigenvalue weighted by molar-refractivity contribution is -0.136. The van der Waals surface area contributed by atoms with Crippen molar-refractivity contribution in [2.45, 2.75) is 12.8 Å². The molecule has 2 aromatic carbocycles. The number of amides is 1. The molecule has 2 saturated heterocycles. The second kappa shape index (κ2) is 9.97. The Morgan fingerprint density at radius 3 is 2.26 bits per heavy atom. The molecule has 3 heterocycles. The van der Waals surface area contributed by atoms with E-state index in [1.54, 1.807) is 12.1 Å². The van der Waals surface area contributed by atoms with Gasteiger partial charge < -0.3 is 14.7 Å². The number of hydrogen-bond acceptors (Lipinski definition) is 5. The summed E-state index contributed by atoms with van der Waals surface area (Å²) in [5.41, 5.74) is 2.76. The first-order chi connectivity index (χ1) is 16.6. The largest absolute Gasteiger partial charge is 0.368 e. The van der Waals surface area contributed by atoms with Crippen LogP contribution in [0, 0.1) is 11.7 Å². The third kappa shape index (κ3) is 4.99. The SMILES string of the molecule is O=C(C1CCCN(c2ccc(-c3ccc(Cl)cc3)nn2)C1)N1CCN(c2ccc(F)cc2)CC1. The van der Waals surface area contributed by atoms with Crippen molar-refractivity contribution in [3.8, 4) is 11.3 Å². The van der Waals surface area contributed by atoms with E-state index >= 15 is 0 Å². The van der Waals surface area contributed by atoms with Gasteiger partial charge in [-0.05, 0) is 61.4 Å². The van der Waals surface area contributed by atoms with Gasteiger partial charge in [0.2, 0.25) is 5.91 Å². The van der Waals surface area contributed by atoms with Crippen LogP contribution in [0.4, 0.5) is 15.9 Å². The maximum atomic E-state index is 13.3. The molecule has 6 nitrogen and oxygen atoms in total. The highest BCUT2D eigenvalue weighted by molar-refractivity contribution is 6.30. The minimum Gasteiger partial charge on any atom is -0.368 e. The Morgan fingerprint density at radius 1 is 0.853 bits per heavy atom. The van der Waals surface area contributed by atoms with E-state index < -0.39 is 0 Å². The number of carbonyl (C=O) groups is 1. The average Bonchev–Trinajstić information content (AvgIpc) is 2.89. The Morgan fingerprint density at radius 2 is 1.59 bits per heavy atom. The Balaban J connectivity index is 1.18. The Bertz CT molecular complexity index is 1120. The molecule has 3 aromatic rings. The number of anilines is 2. The zero-order valence-electron chi connectivity index (χ0n) is 18.9. The third-order valence-electron chi connectivity index (χ3n) is 6.67. The summed E-state index contributed by atoms with van der Waals surface area (Å²) in [6.07, 6.45) is 1.84. The molecule has 1 unspecified atom stereocenters. The fourth-order valence-corrected chi connectivity index (χ4v) is 4.88. The number of nitrogens with zero attached hydrogens (tertiary/aromatic N) is 5. The molecule has 2 aliphatic heterocycles. The second-order valence-corrected chi connectivity index (χ2v) is 9.29. The van der Waals surface area contributed by atoms with E-state index in [1.165, 1.54) is 12.1 Å². The van der Waals surface area contributed by atoms with Crippen molar-refractivity contribution in [1.29, 1.82) is 0 Å². The van der Waals surface area contributed by atoms with Crippen molar-refractivity contribution in [2.75, 3.05) is 49.1 Å². The minimum absolute atomic E-state index is 0.0381. The van der Waals surface area contributed by atoms with Crippen molar-refractivity contribution in [2.24, 2.45) is 5.92 Å². The summed E-state index contributed by atoms with van der Waals surface area (Å²) < 4.78 is 13.2. The predicted octanol–water partition coefficient (Wildman–Crippen LogP) is 4.50. The van der Waals surface area contributed by atoms with Gasteiger partial charge in [0.15, 0.2) is 5.82 Å². The summed E-state index contributed by atoms with van der Waals surface area (Å²) in [6.45, 7) is 4.41. The lowest BCUT2D eigenvalue weighted by atomic mass is 9.96. The molecule has 0 saturated carbocycles. The molecular weight excluding hydrogens is 453 g/mol.